The van der Waals surface area contributed by atoms with Crippen molar-refractivity contribution in [2.45, 2.75) is 50.5 Å². The molecule has 140 valence electrons. The van der Waals surface area contributed by atoms with Gasteiger partial charge in [0, 0.05) is 11.2 Å². The van der Waals surface area contributed by atoms with Crippen molar-refractivity contribution in [2.75, 3.05) is 5.32 Å². The molecule has 1 amide bonds. The molecule has 0 saturated carbocycles. The van der Waals surface area contributed by atoms with Gasteiger partial charge in [-0.1, -0.05) is 37.3 Å². The number of anilines is 1. The molecule has 2 N–H and O–H groups in total. The molecule has 2 aromatic rings. The predicted octanol–water partition coefficient (Wildman–Crippen LogP) is 3.90. The molecular formula is C20H26N2O3S. The normalized spacial score (nSPS) is 13.2. The van der Waals surface area contributed by atoms with E-state index in [1.807, 2.05) is 37.3 Å². The zero-order chi connectivity index (χ0) is 19.4. The molecule has 0 fully saturated rings. The number of carbonyl (C=O) groups is 1. The van der Waals surface area contributed by atoms with Crippen LogP contribution in [-0.2, 0) is 14.8 Å². The largest absolute Gasteiger partial charge is 0.326 e. The smallest absolute Gasteiger partial charge is 0.241 e. The van der Waals surface area contributed by atoms with Crippen molar-refractivity contribution < 1.29 is 13.2 Å². The van der Waals surface area contributed by atoms with Crippen LogP contribution < -0.4 is 10.0 Å². The Morgan fingerprint density at radius 3 is 2.08 bits per heavy atom. The molecule has 26 heavy (non-hydrogen) atoms. The topological polar surface area (TPSA) is 75.3 Å². The van der Waals surface area contributed by atoms with Gasteiger partial charge in [0.15, 0.2) is 0 Å². The Bertz CT molecular complexity index is 839. The van der Waals surface area contributed by atoms with Gasteiger partial charge < -0.3 is 5.32 Å². The van der Waals surface area contributed by atoms with E-state index >= 15 is 0 Å². The second kappa shape index (κ2) is 8.01. The van der Waals surface area contributed by atoms with Crippen molar-refractivity contribution in [1.82, 2.24) is 4.72 Å². The fraction of sp³-hybridized carbons (Fsp3) is 0.350. The first-order valence-electron chi connectivity index (χ1n) is 8.62. The van der Waals surface area contributed by atoms with Crippen molar-refractivity contribution in [3.63, 3.8) is 0 Å². The summed E-state index contributed by atoms with van der Waals surface area (Å²) in [4.78, 5) is 12.7. The van der Waals surface area contributed by atoms with Crippen LogP contribution in [0, 0.1) is 0 Å². The van der Waals surface area contributed by atoms with Crippen LogP contribution in [0.15, 0.2) is 59.5 Å². The van der Waals surface area contributed by atoms with E-state index < -0.39 is 15.6 Å². The van der Waals surface area contributed by atoms with E-state index in [4.69, 9.17) is 0 Å². The molecule has 0 spiro atoms. The Morgan fingerprint density at radius 1 is 1.00 bits per heavy atom. The second-order valence-electron chi connectivity index (χ2n) is 7.24. The Morgan fingerprint density at radius 2 is 1.58 bits per heavy atom. The standard InChI is InChI=1S/C20H26N2O3S/c1-5-18(15-9-7-6-8-10-15)19(23)21-16-11-13-17(14-12-16)26(24,25)22-20(2,3)4/h6-14,18,22H,5H2,1-4H3,(H,21,23). The summed E-state index contributed by atoms with van der Waals surface area (Å²) in [5.41, 5.74) is 0.968. The highest BCUT2D eigenvalue weighted by atomic mass is 32.2. The molecule has 0 aliphatic heterocycles. The zero-order valence-corrected chi connectivity index (χ0v) is 16.4. The molecule has 0 radical (unpaired) electrons. The average Bonchev–Trinajstić information content (AvgIpc) is 2.55. The van der Waals surface area contributed by atoms with Gasteiger partial charge >= 0.3 is 0 Å². The van der Waals surface area contributed by atoms with Crippen LogP contribution in [0.2, 0.25) is 0 Å². The number of carbonyl (C=O) groups excluding carboxylic acids is 1. The second-order valence-corrected chi connectivity index (χ2v) is 8.92. The maximum absolute atomic E-state index is 12.6. The number of hydrogen-bond donors (Lipinski definition) is 2. The molecule has 0 aliphatic carbocycles. The third-order valence-electron chi connectivity index (χ3n) is 3.80. The van der Waals surface area contributed by atoms with E-state index in [2.05, 4.69) is 10.0 Å². The first-order chi connectivity index (χ1) is 12.1. The first kappa shape index (κ1) is 20.1. The number of nitrogens with one attached hydrogen (secondary N) is 2. The Labute approximate surface area is 155 Å². The van der Waals surface area contributed by atoms with Crippen molar-refractivity contribution in [3.8, 4) is 0 Å². The van der Waals surface area contributed by atoms with Crippen molar-refractivity contribution in [1.29, 1.82) is 0 Å². The number of benzene rings is 2. The lowest BCUT2D eigenvalue weighted by Gasteiger charge is -2.20. The summed E-state index contributed by atoms with van der Waals surface area (Å²) in [6.07, 6.45) is 0.678. The quantitative estimate of drug-likeness (QED) is 0.805. The molecular weight excluding hydrogens is 348 g/mol. The maximum Gasteiger partial charge on any atom is 0.241 e. The van der Waals surface area contributed by atoms with E-state index in [0.29, 0.717) is 12.1 Å². The predicted molar refractivity (Wildman–Crippen MR) is 105 cm³/mol. The number of amides is 1. The third-order valence-corrected chi connectivity index (χ3v) is 5.57. The van der Waals surface area contributed by atoms with Gasteiger partial charge in [-0.3, -0.25) is 4.79 Å². The lowest BCUT2D eigenvalue weighted by atomic mass is 9.95. The highest BCUT2D eigenvalue weighted by molar-refractivity contribution is 7.89. The van der Waals surface area contributed by atoms with Crippen LogP contribution in [-0.4, -0.2) is 19.9 Å². The van der Waals surface area contributed by atoms with Gasteiger partial charge in [-0.15, -0.1) is 0 Å². The summed E-state index contributed by atoms with van der Waals surface area (Å²) in [5.74, 6) is -0.357. The Kier molecular flexibility index (Phi) is 6.21. The van der Waals surface area contributed by atoms with E-state index in [1.165, 1.54) is 12.1 Å². The van der Waals surface area contributed by atoms with Gasteiger partial charge in [0.05, 0.1) is 10.8 Å². The van der Waals surface area contributed by atoms with Crippen molar-refractivity contribution >= 4 is 21.6 Å². The molecule has 1 unspecified atom stereocenters. The monoisotopic (exact) mass is 374 g/mol. The zero-order valence-electron chi connectivity index (χ0n) is 15.6. The van der Waals surface area contributed by atoms with E-state index in [1.54, 1.807) is 32.9 Å². The van der Waals surface area contributed by atoms with Crippen LogP contribution in [0.5, 0.6) is 0 Å². The van der Waals surface area contributed by atoms with Gasteiger partial charge in [-0.05, 0) is 57.0 Å². The van der Waals surface area contributed by atoms with Crippen molar-refractivity contribution in [2.24, 2.45) is 0 Å². The minimum absolute atomic E-state index is 0.109. The molecule has 0 bridgehead atoms. The molecule has 0 heterocycles. The molecule has 0 saturated heterocycles. The summed E-state index contributed by atoms with van der Waals surface area (Å²) in [5, 5.41) is 2.86. The van der Waals surface area contributed by atoms with Crippen LogP contribution in [0.25, 0.3) is 0 Å². The maximum atomic E-state index is 12.6. The van der Waals surface area contributed by atoms with Crippen LogP contribution in [0.4, 0.5) is 5.69 Å². The molecule has 0 aliphatic rings. The van der Waals surface area contributed by atoms with Crippen LogP contribution >= 0.6 is 0 Å². The highest BCUT2D eigenvalue weighted by Gasteiger charge is 2.22. The Hall–Kier alpha value is -2.18. The van der Waals surface area contributed by atoms with E-state index in [-0.39, 0.29) is 16.7 Å². The molecule has 2 aromatic carbocycles. The summed E-state index contributed by atoms with van der Waals surface area (Å²) in [7, 11) is -3.59. The SMILES string of the molecule is CCC(C(=O)Nc1ccc(S(=O)(=O)NC(C)(C)C)cc1)c1ccccc1. The van der Waals surface area contributed by atoms with Gasteiger partial charge in [0.2, 0.25) is 15.9 Å². The third kappa shape index (κ3) is 5.41. The minimum Gasteiger partial charge on any atom is -0.326 e. The summed E-state index contributed by atoms with van der Waals surface area (Å²) >= 11 is 0. The molecule has 5 nitrogen and oxygen atoms in total. The van der Waals surface area contributed by atoms with Crippen LogP contribution in [0.3, 0.4) is 0 Å². The minimum atomic E-state index is -3.59. The lowest BCUT2D eigenvalue weighted by molar-refractivity contribution is -0.117. The van der Waals surface area contributed by atoms with Crippen LogP contribution in [0.1, 0.15) is 45.6 Å². The summed E-state index contributed by atoms with van der Waals surface area (Å²) in [6, 6.07) is 15.8. The first-order valence-corrected chi connectivity index (χ1v) is 10.1. The fourth-order valence-corrected chi connectivity index (χ4v) is 4.09. The van der Waals surface area contributed by atoms with Gasteiger partial charge in [0.1, 0.15) is 0 Å². The molecule has 6 heteroatoms. The van der Waals surface area contributed by atoms with Gasteiger partial charge in [-0.2, -0.15) is 0 Å². The van der Waals surface area contributed by atoms with E-state index in [0.717, 1.165) is 5.56 Å². The van der Waals surface area contributed by atoms with E-state index in [9.17, 15) is 13.2 Å². The fourth-order valence-electron chi connectivity index (χ4n) is 2.67. The van der Waals surface area contributed by atoms with Gasteiger partial charge in [-0.25, -0.2) is 13.1 Å². The average molecular weight is 375 g/mol. The van der Waals surface area contributed by atoms with Gasteiger partial charge in [0.25, 0.3) is 0 Å². The lowest BCUT2D eigenvalue weighted by Crippen LogP contribution is -2.40. The molecule has 0 aromatic heterocycles. The number of sulfonamides is 1. The van der Waals surface area contributed by atoms with Crippen molar-refractivity contribution in [3.05, 3.63) is 60.2 Å². The summed E-state index contributed by atoms with van der Waals surface area (Å²) in [6.45, 7) is 7.32. The molecule has 2 rings (SSSR count). The number of rotatable bonds is 6. The molecule has 1 atom stereocenters. The number of hydrogen-bond acceptors (Lipinski definition) is 3. The highest BCUT2D eigenvalue weighted by Crippen LogP contribution is 2.22. The summed E-state index contributed by atoms with van der Waals surface area (Å²) < 4.78 is 27.3. The Balaban J connectivity index is 2.12.